The fourth-order valence-electron chi connectivity index (χ4n) is 2.53. The molecule has 0 radical (unpaired) electrons. The minimum atomic E-state index is 0.0471. The molecule has 0 saturated carbocycles. The molecule has 1 aromatic rings. The van der Waals surface area contributed by atoms with Gasteiger partial charge in [0.25, 0.3) is 0 Å². The lowest BCUT2D eigenvalue weighted by Gasteiger charge is -2.42. The normalized spacial score (nSPS) is 18.4. The van der Waals surface area contributed by atoms with Crippen molar-refractivity contribution >= 4 is 17.3 Å². The van der Waals surface area contributed by atoms with Crippen molar-refractivity contribution in [3.63, 3.8) is 0 Å². The smallest absolute Gasteiger partial charge is 0.224 e. The third-order valence-corrected chi connectivity index (χ3v) is 3.84. The number of ether oxygens (including phenoxy) is 1. The minimum Gasteiger partial charge on any atom is -0.399 e. The summed E-state index contributed by atoms with van der Waals surface area (Å²) in [6.45, 7) is 7.75. The second-order valence-corrected chi connectivity index (χ2v) is 6.13. The number of hydrogen-bond donors (Lipinski definition) is 2. The number of rotatable bonds is 5. The lowest BCUT2D eigenvalue weighted by molar-refractivity contribution is -0.116. The van der Waals surface area contributed by atoms with Gasteiger partial charge in [-0.15, -0.1) is 0 Å². The first kappa shape index (κ1) is 15.8. The van der Waals surface area contributed by atoms with Gasteiger partial charge in [0.2, 0.25) is 5.91 Å². The number of nitrogens with zero attached hydrogens (tertiary/aromatic N) is 1. The Labute approximate surface area is 126 Å². The number of benzene rings is 1. The number of nitrogens with one attached hydrogen (secondary N) is 1. The van der Waals surface area contributed by atoms with Gasteiger partial charge >= 0.3 is 0 Å². The molecule has 0 bridgehead atoms. The first-order valence-electron chi connectivity index (χ1n) is 7.45. The molecule has 1 fully saturated rings. The van der Waals surface area contributed by atoms with E-state index in [9.17, 15) is 4.79 Å². The summed E-state index contributed by atoms with van der Waals surface area (Å²) < 4.78 is 5.50. The van der Waals surface area contributed by atoms with E-state index in [4.69, 9.17) is 10.5 Å². The molecule has 3 N–H and O–H groups in total. The largest absolute Gasteiger partial charge is 0.399 e. The second kappa shape index (κ2) is 6.91. The zero-order valence-electron chi connectivity index (χ0n) is 12.9. The molecular weight excluding hydrogens is 266 g/mol. The summed E-state index contributed by atoms with van der Waals surface area (Å²) in [6.07, 6.45) is 1.38. The SMILES string of the molecule is CC1(C)COCCN1CCCC(=O)Nc1ccc(N)cc1. The first-order chi connectivity index (χ1) is 9.97. The van der Waals surface area contributed by atoms with Crippen molar-refractivity contribution in [2.75, 3.05) is 37.4 Å². The summed E-state index contributed by atoms with van der Waals surface area (Å²) in [5.74, 6) is 0.0471. The number of nitrogens with two attached hydrogens (primary N) is 1. The molecule has 1 aliphatic rings. The average molecular weight is 291 g/mol. The number of carbonyl (C=O) groups excluding carboxylic acids is 1. The van der Waals surface area contributed by atoms with Crippen LogP contribution in [0.25, 0.3) is 0 Å². The van der Waals surface area contributed by atoms with Crippen molar-refractivity contribution in [3.05, 3.63) is 24.3 Å². The highest BCUT2D eigenvalue weighted by Gasteiger charge is 2.29. The number of nitrogen functional groups attached to an aromatic ring is 1. The fourth-order valence-corrected chi connectivity index (χ4v) is 2.53. The van der Waals surface area contributed by atoms with Crippen LogP contribution in [-0.4, -0.2) is 42.6 Å². The third kappa shape index (κ3) is 4.72. The molecule has 1 aliphatic heterocycles. The van der Waals surface area contributed by atoms with Crippen molar-refractivity contribution in [2.45, 2.75) is 32.2 Å². The van der Waals surface area contributed by atoms with E-state index >= 15 is 0 Å². The highest BCUT2D eigenvalue weighted by molar-refractivity contribution is 5.90. The van der Waals surface area contributed by atoms with Gasteiger partial charge in [-0.1, -0.05) is 0 Å². The maximum atomic E-state index is 11.9. The Morgan fingerprint density at radius 2 is 2.10 bits per heavy atom. The van der Waals surface area contributed by atoms with Crippen LogP contribution in [0.3, 0.4) is 0 Å². The van der Waals surface area contributed by atoms with Gasteiger partial charge in [-0.25, -0.2) is 0 Å². The van der Waals surface area contributed by atoms with Crippen LogP contribution in [-0.2, 0) is 9.53 Å². The molecule has 5 nitrogen and oxygen atoms in total. The molecular formula is C16H25N3O2. The molecule has 2 rings (SSSR count). The topological polar surface area (TPSA) is 67.6 Å². The van der Waals surface area contributed by atoms with Crippen molar-refractivity contribution in [1.29, 1.82) is 0 Å². The van der Waals surface area contributed by atoms with E-state index < -0.39 is 0 Å². The van der Waals surface area contributed by atoms with Crippen LogP contribution in [0.5, 0.6) is 0 Å². The Morgan fingerprint density at radius 3 is 2.76 bits per heavy atom. The maximum Gasteiger partial charge on any atom is 0.224 e. The molecule has 0 unspecified atom stereocenters. The van der Waals surface area contributed by atoms with E-state index in [0.717, 1.165) is 38.4 Å². The summed E-state index contributed by atoms with van der Waals surface area (Å²) >= 11 is 0. The number of carbonyl (C=O) groups is 1. The predicted octanol–water partition coefficient (Wildman–Crippen LogP) is 2.10. The van der Waals surface area contributed by atoms with Gasteiger partial charge in [0, 0.05) is 29.9 Å². The van der Waals surface area contributed by atoms with Gasteiger partial charge in [-0.05, 0) is 51.1 Å². The van der Waals surface area contributed by atoms with Gasteiger partial charge in [0.15, 0.2) is 0 Å². The van der Waals surface area contributed by atoms with E-state index in [-0.39, 0.29) is 11.4 Å². The van der Waals surface area contributed by atoms with E-state index in [1.807, 2.05) is 12.1 Å². The van der Waals surface area contributed by atoms with Crippen LogP contribution in [0, 0.1) is 0 Å². The molecule has 0 aromatic heterocycles. The quantitative estimate of drug-likeness (QED) is 0.815. The van der Waals surface area contributed by atoms with Gasteiger partial charge in [0.1, 0.15) is 0 Å². The van der Waals surface area contributed by atoms with Crippen molar-refractivity contribution in [1.82, 2.24) is 4.90 Å². The highest BCUT2D eigenvalue weighted by Crippen LogP contribution is 2.19. The van der Waals surface area contributed by atoms with Crippen LogP contribution in [0.1, 0.15) is 26.7 Å². The van der Waals surface area contributed by atoms with Crippen LogP contribution in [0.15, 0.2) is 24.3 Å². The lowest BCUT2D eigenvalue weighted by atomic mass is 10.0. The predicted molar refractivity (Wildman–Crippen MR) is 85.2 cm³/mol. The fraction of sp³-hybridized carbons (Fsp3) is 0.562. The van der Waals surface area contributed by atoms with Crippen LogP contribution < -0.4 is 11.1 Å². The number of hydrogen-bond acceptors (Lipinski definition) is 4. The molecule has 1 saturated heterocycles. The van der Waals surface area contributed by atoms with Gasteiger partial charge in [-0.2, -0.15) is 0 Å². The van der Waals surface area contributed by atoms with Gasteiger partial charge < -0.3 is 15.8 Å². The van der Waals surface area contributed by atoms with E-state index in [0.29, 0.717) is 12.1 Å². The Balaban J connectivity index is 1.73. The second-order valence-electron chi connectivity index (χ2n) is 6.13. The van der Waals surface area contributed by atoms with Gasteiger partial charge in [0.05, 0.1) is 13.2 Å². The Hall–Kier alpha value is -1.59. The molecule has 1 heterocycles. The molecule has 116 valence electrons. The zero-order valence-corrected chi connectivity index (χ0v) is 12.9. The first-order valence-corrected chi connectivity index (χ1v) is 7.45. The molecule has 1 amide bonds. The van der Waals surface area contributed by atoms with Crippen LogP contribution in [0.2, 0.25) is 0 Å². The Bertz CT molecular complexity index is 471. The molecule has 5 heteroatoms. The van der Waals surface area contributed by atoms with E-state index in [2.05, 4.69) is 24.1 Å². The molecule has 21 heavy (non-hydrogen) atoms. The van der Waals surface area contributed by atoms with Crippen LogP contribution >= 0.6 is 0 Å². The Morgan fingerprint density at radius 1 is 1.38 bits per heavy atom. The minimum absolute atomic E-state index is 0.0471. The number of anilines is 2. The summed E-state index contributed by atoms with van der Waals surface area (Å²) in [5.41, 5.74) is 7.17. The standard InChI is InChI=1S/C16H25N3O2/c1-16(2)12-21-11-10-19(16)9-3-4-15(20)18-14-7-5-13(17)6-8-14/h5-8H,3-4,9-12,17H2,1-2H3,(H,18,20). The average Bonchev–Trinajstić information content (AvgIpc) is 2.43. The Kier molecular flexibility index (Phi) is 5.20. The lowest BCUT2D eigenvalue weighted by Crippen LogP contribution is -2.53. The molecule has 1 aromatic carbocycles. The van der Waals surface area contributed by atoms with Crippen LogP contribution in [0.4, 0.5) is 11.4 Å². The van der Waals surface area contributed by atoms with Crippen molar-refractivity contribution in [2.24, 2.45) is 0 Å². The number of amides is 1. The maximum absolute atomic E-state index is 11.9. The highest BCUT2D eigenvalue weighted by atomic mass is 16.5. The summed E-state index contributed by atoms with van der Waals surface area (Å²) in [7, 11) is 0. The van der Waals surface area contributed by atoms with Crippen molar-refractivity contribution < 1.29 is 9.53 Å². The van der Waals surface area contributed by atoms with Crippen molar-refractivity contribution in [3.8, 4) is 0 Å². The summed E-state index contributed by atoms with van der Waals surface area (Å²) in [6, 6.07) is 7.20. The zero-order chi connectivity index (χ0) is 15.3. The number of morpholine rings is 1. The van der Waals surface area contributed by atoms with Gasteiger partial charge in [-0.3, -0.25) is 9.69 Å². The summed E-state index contributed by atoms with van der Waals surface area (Å²) in [4.78, 5) is 14.3. The monoisotopic (exact) mass is 291 g/mol. The van der Waals surface area contributed by atoms with E-state index in [1.54, 1.807) is 12.1 Å². The third-order valence-electron chi connectivity index (χ3n) is 3.84. The molecule has 0 atom stereocenters. The molecule has 0 spiro atoms. The summed E-state index contributed by atoms with van der Waals surface area (Å²) in [5, 5.41) is 2.89. The van der Waals surface area contributed by atoms with E-state index in [1.165, 1.54) is 0 Å². The molecule has 0 aliphatic carbocycles.